The van der Waals surface area contributed by atoms with Gasteiger partial charge in [0.2, 0.25) is 5.91 Å². The molecule has 3 rings (SSSR count). The Bertz CT molecular complexity index is 1170. The van der Waals surface area contributed by atoms with E-state index in [0.717, 1.165) is 42.4 Å². The number of anilines is 1. The van der Waals surface area contributed by atoms with Crippen molar-refractivity contribution in [2.24, 2.45) is 0 Å². The molecule has 2 aromatic rings. The zero-order chi connectivity index (χ0) is 31.8. The zero-order valence-electron chi connectivity index (χ0n) is 28.8. The van der Waals surface area contributed by atoms with E-state index in [-0.39, 0.29) is 11.3 Å². The van der Waals surface area contributed by atoms with Crippen LogP contribution in [0.4, 0.5) is 5.69 Å². The highest BCUT2D eigenvalue weighted by molar-refractivity contribution is 8.03. The second-order valence-corrected chi connectivity index (χ2v) is 14.8. The molecule has 0 atom stereocenters. The highest BCUT2D eigenvalue weighted by Crippen LogP contribution is 2.34. The van der Waals surface area contributed by atoms with Crippen LogP contribution in [0.3, 0.4) is 0 Å². The van der Waals surface area contributed by atoms with Gasteiger partial charge in [-0.3, -0.25) is 4.79 Å². The highest BCUT2D eigenvalue weighted by Gasteiger charge is 2.21. The van der Waals surface area contributed by atoms with E-state index >= 15 is 0 Å². The van der Waals surface area contributed by atoms with E-state index < -0.39 is 0 Å². The van der Waals surface area contributed by atoms with Crippen molar-refractivity contribution in [3.8, 4) is 5.75 Å². The van der Waals surface area contributed by atoms with Gasteiger partial charge in [0.05, 0.1) is 19.0 Å². The molecule has 0 N–H and O–H groups in total. The third-order valence-electron chi connectivity index (χ3n) is 8.48. The monoisotopic (exact) mass is 620 g/mol. The molecule has 244 valence electrons. The van der Waals surface area contributed by atoms with Gasteiger partial charge in [-0.2, -0.15) is 0 Å². The summed E-state index contributed by atoms with van der Waals surface area (Å²) < 4.78 is 6.46. The first-order valence-corrected chi connectivity index (χ1v) is 18.4. The maximum Gasteiger partial charge on any atom is 0.227 e. The van der Waals surface area contributed by atoms with Crippen LogP contribution in [-0.4, -0.2) is 23.3 Å². The highest BCUT2D eigenvalue weighted by atomic mass is 32.2. The molecule has 1 aliphatic rings. The fourth-order valence-electron chi connectivity index (χ4n) is 5.89. The van der Waals surface area contributed by atoms with Crippen LogP contribution in [0.1, 0.15) is 142 Å². The van der Waals surface area contributed by atoms with Gasteiger partial charge in [-0.1, -0.05) is 130 Å². The first-order valence-electron chi connectivity index (χ1n) is 17.4. The SMILES string of the molecule is CCCCCCCCCCCCCCOc1cc(CN(C(=O)CC)c2cccc(CN3C=C(C)SC3)c2)ccc1C(C)(C)C. The molecule has 4 nitrogen and oxygen atoms in total. The van der Waals surface area contributed by atoms with Crippen LogP contribution in [0.25, 0.3) is 0 Å². The van der Waals surface area contributed by atoms with Gasteiger partial charge in [-0.05, 0) is 58.6 Å². The van der Waals surface area contributed by atoms with Gasteiger partial charge >= 0.3 is 0 Å². The molecule has 1 heterocycles. The van der Waals surface area contributed by atoms with Gasteiger partial charge in [-0.15, -0.1) is 11.8 Å². The quantitative estimate of drug-likeness (QED) is 0.138. The predicted molar refractivity (Wildman–Crippen MR) is 191 cm³/mol. The summed E-state index contributed by atoms with van der Waals surface area (Å²) in [6, 6.07) is 15.0. The number of hydrogen-bond donors (Lipinski definition) is 0. The maximum atomic E-state index is 13.2. The Morgan fingerprint density at radius 1 is 0.864 bits per heavy atom. The molecule has 44 heavy (non-hydrogen) atoms. The van der Waals surface area contributed by atoms with Crippen molar-refractivity contribution in [2.45, 2.75) is 144 Å². The van der Waals surface area contributed by atoms with Gasteiger partial charge in [0.1, 0.15) is 5.75 Å². The Morgan fingerprint density at radius 2 is 1.52 bits per heavy atom. The van der Waals surface area contributed by atoms with E-state index in [4.69, 9.17) is 4.74 Å². The van der Waals surface area contributed by atoms with Crippen molar-refractivity contribution < 1.29 is 9.53 Å². The Labute approximate surface area is 274 Å². The average molecular weight is 621 g/mol. The number of ether oxygens (including phenoxy) is 1. The Morgan fingerprint density at radius 3 is 2.11 bits per heavy atom. The molecule has 0 saturated carbocycles. The van der Waals surface area contributed by atoms with Crippen molar-refractivity contribution in [3.63, 3.8) is 0 Å². The standard InChI is InChI=1S/C39H60N2O2S/c1-7-9-10-11-12-13-14-15-16-17-18-19-25-43-37-27-34(23-24-36(37)39(4,5)6)30-41(38(42)8-2)35-22-20-21-33(26-35)29-40-28-32(3)44-31-40/h20-24,26-28H,7-19,25,29-31H2,1-6H3. The van der Waals surface area contributed by atoms with Crippen LogP contribution in [-0.2, 0) is 23.3 Å². The topological polar surface area (TPSA) is 32.8 Å². The summed E-state index contributed by atoms with van der Waals surface area (Å²) in [7, 11) is 0. The van der Waals surface area contributed by atoms with E-state index in [1.807, 2.05) is 23.6 Å². The predicted octanol–water partition coefficient (Wildman–Crippen LogP) is 11.4. The Balaban J connectivity index is 1.56. The lowest BCUT2D eigenvalue weighted by Crippen LogP contribution is -2.30. The van der Waals surface area contributed by atoms with Gasteiger partial charge in [0.25, 0.3) is 0 Å². The average Bonchev–Trinajstić information content (AvgIpc) is 3.41. The minimum absolute atomic E-state index is 0.0156. The summed E-state index contributed by atoms with van der Waals surface area (Å²) in [5.41, 5.74) is 4.49. The summed E-state index contributed by atoms with van der Waals surface area (Å²) in [5, 5.41) is 0. The lowest BCUT2D eigenvalue weighted by atomic mass is 9.85. The van der Waals surface area contributed by atoms with Crippen molar-refractivity contribution in [3.05, 3.63) is 70.3 Å². The number of thioether (sulfide) groups is 1. The van der Waals surface area contributed by atoms with Crippen molar-refractivity contribution in [1.29, 1.82) is 0 Å². The van der Waals surface area contributed by atoms with Crippen LogP contribution in [0.2, 0.25) is 0 Å². The largest absolute Gasteiger partial charge is 0.493 e. The molecule has 0 fully saturated rings. The summed E-state index contributed by atoms with van der Waals surface area (Å²) >= 11 is 1.87. The third-order valence-corrected chi connectivity index (χ3v) is 9.51. The number of nitrogens with zero attached hydrogens (tertiary/aromatic N) is 2. The van der Waals surface area contributed by atoms with Crippen LogP contribution >= 0.6 is 11.8 Å². The Hall–Kier alpha value is -2.40. The van der Waals surface area contributed by atoms with E-state index in [2.05, 4.69) is 88.2 Å². The molecule has 0 aliphatic carbocycles. The van der Waals surface area contributed by atoms with Crippen LogP contribution in [0.15, 0.2) is 53.6 Å². The first kappa shape index (κ1) is 36.1. The summed E-state index contributed by atoms with van der Waals surface area (Å²) in [6.07, 6.45) is 18.8. The third kappa shape index (κ3) is 12.5. The number of carbonyl (C=O) groups excluding carboxylic acids is 1. The minimum Gasteiger partial charge on any atom is -0.493 e. The lowest BCUT2D eigenvalue weighted by molar-refractivity contribution is -0.118. The molecule has 0 aromatic heterocycles. The van der Waals surface area contributed by atoms with Crippen molar-refractivity contribution in [1.82, 2.24) is 4.90 Å². The van der Waals surface area contributed by atoms with Crippen LogP contribution < -0.4 is 9.64 Å². The molecule has 0 bridgehead atoms. The molecular formula is C39H60N2O2S. The number of rotatable bonds is 20. The molecule has 0 spiro atoms. The second-order valence-electron chi connectivity index (χ2n) is 13.6. The maximum absolute atomic E-state index is 13.2. The lowest BCUT2D eigenvalue weighted by Gasteiger charge is -2.26. The molecule has 0 unspecified atom stereocenters. The molecule has 2 aromatic carbocycles. The van der Waals surface area contributed by atoms with Gasteiger partial charge in [0.15, 0.2) is 0 Å². The number of amides is 1. The minimum atomic E-state index is -0.0156. The first-order chi connectivity index (χ1) is 21.2. The van der Waals surface area contributed by atoms with E-state index in [9.17, 15) is 4.79 Å². The molecule has 1 amide bonds. The fourth-order valence-corrected chi connectivity index (χ4v) is 6.65. The number of hydrogen-bond acceptors (Lipinski definition) is 4. The Kier molecular flexibility index (Phi) is 15.7. The number of carbonyl (C=O) groups is 1. The molecular weight excluding hydrogens is 561 g/mol. The molecule has 1 aliphatic heterocycles. The summed E-state index contributed by atoms with van der Waals surface area (Å²) in [6.45, 7) is 15.2. The van der Waals surface area contributed by atoms with Crippen LogP contribution in [0.5, 0.6) is 5.75 Å². The number of allylic oxidation sites excluding steroid dienone is 1. The summed E-state index contributed by atoms with van der Waals surface area (Å²) in [4.78, 5) is 18.8. The van der Waals surface area contributed by atoms with Gasteiger partial charge in [0, 0.05) is 24.9 Å². The zero-order valence-corrected chi connectivity index (χ0v) is 29.6. The second kappa shape index (κ2) is 19.2. The number of benzene rings is 2. The molecule has 5 heteroatoms. The molecule has 0 saturated heterocycles. The smallest absolute Gasteiger partial charge is 0.227 e. The van der Waals surface area contributed by atoms with Crippen LogP contribution in [0, 0.1) is 0 Å². The summed E-state index contributed by atoms with van der Waals surface area (Å²) in [5.74, 6) is 2.08. The fraction of sp³-hybridized carbons (Fsp3) is 0.615. The number of unbranched alkanes of at least 4 members (excludes halogenated alkanes) is 11. The van der Waals surface area contributed by atoms with Gasteiger partial charge in [-0.25, -0.2) is 0 Å². The normalized spacial score (nSPS) is 13.3. The van der Waals surface area contributed by atoms with E-state index in [1.54, 1.807) is 0 Å². The van der Waals surface area contributed by atoms with Gasteiger partial charge < -0.3 is 14.5 Å². The van der Waals surface area contributed by atoms with Crippen molar-refractivity contribution >= 4 is 23.4 Å². The molecule has 0 radical (unpaired) electrons. The van der Waals surface area contributed by atoms with E-state index in [1.165, 1.54) is 86.7 Å². The van der Waals surface area contributed by atoms with Crippen molar-refractivity contribution in [2.75, 3.05) is 17.4 Å². The van der Waals surface area contributed by atoms with E-state index in [0.29, 0.717) is 13.0 Å².